The zero-order valence-corrected chi connectivity index (χ0v) is 13.9. The van der Waals surface area contributed by atoms with Crippen molar-refractivity contribution in [2.45, 2.75) is 26.7 Å². The molecule has 1 unspecified atom stereocenters. The standard InChI is InChI=1S/C16H20N2O4S/c1-10(2)5-12(16(20)21)7-17-14(19)6-13-9-23-15(18-13)11-3-4-22-8-11/h3-4,8-10,12H,5-7H2,1-2H3,(H,17,19)(H,20,21). The Morgan fingerprint density at radius 1 is 1.43 bits per heavy atom. The van der Waals surface area contributed by atoms with Crippen molar-refractivity contribution in [2.24, 2.45) is 11.8 Å². The summed E-state index contributed by atoms with van der Waals surface area (Å²) in [7, 11) is 0. The monoisotopic (exact) mass is 336 g/mol. The van der Waals surface area contributed by atoms with Gasteiger partial charge in [-0.1, -0.05) is 13.8 Å². The van der Waals surface area contributed by atoms with E-state index in [0.29, 0.717) is 12.1 Å². The fourth-order valence-corrected chi connectivity index (χ4v) is 3.02. The van der Waals surface area contributed by atoms with Gasteiger partial charge in [-0.2, -0.15) is 0 Å². The van der Waals surface area contributed by atoms with Gasteiger partial charge in [-0.15, -0.1) is 11.3 Å². The summed E-state index contributed by atoms with van der Waals surface area (Å²) in [6.07, 6.45) is 3.86. The van der Waals surface area contributed by atoms with Crippen LogP contribution in [0.2, 0.25) is 0 Å². The lowest BCUT2D eigenvalue weighted by Crippen LogP contribution is -2.34. The maximum absolute atomic E-state index is 12.0. The van der Waals surface area contributed by atoms with Crippen LogP contribution in [0.1, 0.15) is 26.0 Å². The van der Waals surface area contributed by atoms with Crippen LogP contribution in [0.3, 0.4) is 0 Å². The van der Waals surface area contributed by atoms with Gasteiger partial charge in [0.15, 0.2) is 0 Å². The summed E-state index contributed by atoms with van der Waals surface area (Å²) in [5.41, 5.74) is 1.55. The van der Waals surface area contributed by atoms with Crippen molar-refractivity contribution in [1.29, 1.82) is 0 Å². The predicted molar refractivity (Wildman–Crippen MR) is 87.1 cm³/mol. The molecule has 0 fully saturated rings. The summed E-state index contributed by atoms with van der Waals surface area (Å²) >= 11 is 1.44. The summed E-state index contributed by atoms with van der Waals surface area (Å²) in [6, 6.07) is 1.81. The van der Waals surface area contributed by atoms with Gasteiger partial charge in [-0.3, -0.25) is 9.59 Å². The largest absolute Gasteiger partial charge is 0.481 e. The third-order valence-corrected chi connectivity index (χ3v) is 4.25. The van der Waals surface area contributed by atoms with Crippen molar-refractivity contribution >= 4 is 23.2 Å². The first kappa shape index (κ1) is 17.2. The third kappa shape index (κ3) is 5.21. The Hall–Kier alpha value is -2.15. The Labute approximate surface area is 138 Å². The Kier molecular flexibility index (Phi) is 5.92. The maximum atomic E-state index is 12.0. The summed E-state index contributed by atoms with van der Waals surface area (Å²) in [4.78, 5) is 27.5. The van der Waals surface area contributed by atoms with Crippen molar-refractivity contribution in [2.75, 3.05) is 6.54 Å². The molecule has 0 aliphatic carbocycles. The Morgan fingerprint density at radius 2 is 2.22 bits per heavy atom. The van der Waals surface area contributed by atoms with Gasteiger partial charge in [0, 0.05) is 17.5 Å². The minimum absolute atomic E-state index is 0.141. The second kappa shape index (κ2) is 7.92. The maximum Gasteiger partial charge on any atom is 0.308 e. The molecule has 0 aromatic carbocycles. The van der Waals surface area contributed by atoms with Gasteiger partial charge in [0.1, 0.15) is 11.3 Å². The number of hydrogen-bond acceptors (Lipinski definition) is 5. The highest BCUT2D eigenvalue weighted by molar-refractivity contribution is 7.13. The van der Waals surface area contributed by atoms with E-state index in [2.05, 4.69) is 10.3 Å². The second-order valence-corrected chi connectivity index (χ2v) is 6.66. The van der Waals surface area contributed by atoms with E-state index in [9.17, 15) is 9.59 Å². The molecule has 2 N–H and O–H groups in total. The second-order valence-electron chi connectivity index (χ2n) is 5.80. The molecule has 6 nitrogen and oxygen atoms in total. The van der Waals surface area contributed by atoms with E-state index in [-0.39, 0.29) is 24.8 Å². The van der Waals surface area contributed by atoms with Crippen LogP contribution in [0.25, 0.3) is 10.6 Å². The molecule has 0 radical (unpaired) electrons. The lowest BCUT2D eigenvalue weighted by molar-refractivity contribution is -0.142. The normalized spacial score (nSPS) is 12.3. The third-order valence-electron chi connectivity index (χ3n) is 3.31. The van der Waals surface area contributed by atoms with Crippen LogP contribution in [-0.2, 0) is 16.0 Å². The van der Waals surface area contributed by atoms with E-state index in [1.807, 2.05) is 25.3 Å². The number of carboxylic acid groups (broad SMARTS) is 1. The molecule has 1 atom stereocenters. The Balaban J connectivity index is 1.86. The fraction of sp³-hybridized carbons (Fsp3) is 0.438. The Bertz CT molecular complexity index is 649. The lowest BCUT2D eigenvalue weighted by atomic mass is 9.97. The van der Waals surface area contributed by atoms with Gasteiger partial charge in [0.2, 0.25) is 5.91 Å². The fourth-order valence-electron chi connectivity index (χ4n) is 2.21. The molecule has 7 heteroatoms. The van der Waals surface area contributed by atoms with Crippen LogP contribution in [-0.4, -0.2) is 28.5 Å². The number of hydrogen-bond donors (Lipinski definition) is 2. The number of aromatic nitrogens is 1. The molecule has 0 aliphatic heterocycles. The zero-order valence-electron chi connectivity index (χ0n) is 13.1. The molecule has 124 valence electrons. The van der Waals surface area contributed by atoms with Crippen LogP contribution in [0.15, 0.2) is 28.4 Å². The number of aliphatic carboxylic acids is 1. The van der Waals surface area contributed by atoms with Crippen molar-refractivity contribution < 1.29 is 19.1 Å². The molecule has 0 saturated carbocycles. The number of carboxylic acids is 1. The van der Waals surface area contributed by atoms with Crippen LogP contribution in [0, 0.1) is 11.8 Å². The summed E-state index contributed by atoms with van der Waals surface area (Å²) < 4.78 is 5.01. The molecule has 0 spiro atoms. The van der Waals surface area contributed by atoms with Gasteiger partial charge in [0.05, 0.1) is 24.3 Å². The highest BCUT2D eigenvalue weighted by Gasteiger charge is 2.20. The number of nitrogens with zero attached hydrogens (tertiary/aromatic N) is 1. The SMILES string of the molecule is CC(C)CC(CNC(=O)Cc1csc(-c2ccoc2)n1)C(=O)O. The lowest BCUT2D eigenvalue weighted by Gasteiger charge is -2.15. The average Bonchev–Trinajstić information content (AvgIpc) is 3.13. The summed E-state index contributed by atoms with van der Waals surface area (Å²) in [6.45, 7) is 4.07. The number of nitrogens with one attached hydrogen (secondary N) is 1. The van der Waals surface area contributed by atoms with Crippen molar-refractivity contribution in [3.63, 3.8) is 0 Å². The van der Waals surface area contributed by atoms with Gasteiger partial charge in [-0.25, -0.2) is 4.98 Å². The highest BCUT2D eigenvalue weighted by Crippen LogP contribution is 2.24. The van der Waals surface area contributed by atoms with Crippen molar-refractivity contribution in [1.82, 2.24) is 10.3 Å². The van der Waals surface area contributed by atoms with E-state index in [4.69, 9.17) is 9.52 Å². The molecule has 23 heavy (non-hydrogen) atoms. The first-order chi connectivity index (χ1) is 11.0. The van der Waals surface area contributed by atoms with Crippen LogP contribution in [0.4, 0.5) is 0 Å². The van der Waals surface area contributed by atoms with E-state index in [1.54, 1.807) is 12.5 Å². The van der Waals surface area contributed by atoms with Gasteiger partial charge >= 0.3 is 5.97 Å². The number of carbonyl (C=O) groups is 2. The number of rotatable bonds is 8. The first-order valence-corrected chi connectivity index (χ1v) is 8.30. The summed E-state index contributed by atoms with van der Waals surface area (Å²) in [5.74, 6) is -1.39. The van der Waals surface area contributed by atoms with Crippen molar-refractivity contribution in [3.05, 3.63) is 29.7 Å². The quantitative estimate of drug-likeness (QED) is 0.773. The molecular formula is C16H20N2O4S. The van der Waals surface area contributed by atoms with Gasteiger partial charge in [0.25, 0.3) is 0 Å². The highest BCUT2D eigenvalue weighted by atomic mass is 32.1. The van der Waals surface area contributed by atoms with Crippen LogP contribution < -0.4 is 5.32 Å². The van der Waals surface area contributed by atoms with Crippen LogP contribution >= 0.6 is 11.3 Å². The number of amides is 1. The molecule has 2 aromatic rings. The van der Waals surface area contributed by atoms with E-state index in [1.165, 1.54) is 11.3 Å². The smallest absolute Gasteiger partial charge is 0.308 e. The number of thiazole rings is 1. The summed E-state index contributed by atoms with van der Waals surface area (Å²) in [5, 5.41) is 14.5. The van der Waals surface area contributed by atoms with E-state index in [0.717, 1.165) is 10.6 Å². The molecule has 2 heterocycles. The molecule has 1 amide bonds. The number of carbonyl (C=O) groups excluding carboxylic acids is 1. The molecule has 2 aromatic heterocycles. The predicted octanol–water partition coefficient (Wildman–Crippen LogP) is 2.81. The van der Waals surface area contributed by atoms with E-state index >= 15 is 0 Å². The minimum atomic E-state index is -0.880. The zero-order chi connectivity index (χ0) is 16.8. The van der Waals surface area contributed by atoms with Crippen molar-refractivity contribution in [3.8, 4) is 10.6 Å². The van der Waals surface area contributed by atoms with Gasteiger partial charge in [-0.05, 0) is 18.4 Å². The Morgan fingerprint density at radius 3 is 2.83 bits per heavy atom. The van der Waals surface area contributed by atoms with E-state index < -0.39 is 11.9 Å². The average molecular weight is 336 g/mol. The molecule has 0 saturated heterocycles. The minimum Gasteiger partial charge on any atom is -0.481 e. The molecule has 2 rings (SSSR count). The first-order valence-electron chi connectivity index (χ1n) is 7.42. The van der Waals surface area contributed by atoms with Gasteiger partial charge < -0.3 is 14.8 Å². The molecule has 0 bridgehead atoms. The molecular weight excluding hydrogens is 316 g/mol. The number of furan rings is 1. The van der Waals surface area contributed by atoms with Crippen LogP contribution in [0.5, 0.6) is 0 Å². The molecule has 0 aliphatic rings. The topological polar surface area (TPSA) is 92.4 Å².